The zero-order valence-corrected chi connectivity index (χ0v) is 18.2. The minimum Gasteiger partial charge on any atom is -0.497 e. The minimum atomic E-state index is -0.0861. The number of likely N-dealkylation sites (tertiary alicyclic amines) is 1. The molecule has 2 N–H and O–H groups in total. The summed E-state index contributed by atoms with van der Waals surface area (Å²) in [6.45, 7) is 4.75. The molecule has 164 valence electrons. The quantitative estimate of drug-likeness (QED) is 0.390. The number of aromatic nitrogens is 4. The Labute approximate surface area is 190 Å². The third-order valence-electron chi connectivity index (χ3n) is 5.89. The van der Waals surface area contributed by atoms with Gasteiger partial charge >= 0.3 is 0 Å². The Morgan fingerprint density at radius 3 is 2.85 bits per heavy atom. The number of amides is 1. The Morgan fingerprint density at radius 1 is 1.21 bits per heavy atom. The minimum absolute atomic E-state index is 0.0168. The van der Waals surface area contributed by atoms with E-state index in [4.69, 9.17) is 15.6 Å². The fourth-order valence-electron chi connectivity index (χ4n) is 4.17. The maximum absolute atomic E-state index is 12.0. The number of rotatable bonds is 3. The molecule has 1 aliphatic rings. The first-order valence-electron chi connectivity index (χ1n) is 10.6. The number of nitrogen functional groups attached to an aromatic ring is 1. The number of benzene rings is 2. The van der Waals surface area contributed by atoms with E-state index < -0.39 is 0 Å². The molecule has 3 heterocycles. The van der Waals surface area contributed by atoms with Gasteiger partial charge in [-0.2, -0.15) is 5.10 Å². The van der Waals surface area contributed by atoms with E-state index in [0.717, 1.165) is 28.5 Å². The van der Waals surface area contributed by atoms with Crippen molar-refractivity contribution in [3.8, 4) is 17.6 Å². The topological polar surface area (TPSA) is 99.2 Å². The lowest BCUT2D eigenvalue weighted by Crippen LogP contribution is -2.27. The van der Waals surface area contributed by atoms with Crippen molar-refractivity contribution in [1.29, 1.82) is 0 Å². The maximum atomic E-state index is 12.0. The summed E-state index contributed by atoms with van der Waals surface area (Å²) >= 11 is 0. The van der Waals surface area contributed by atoms with Crippen LogP contribution in [0.2, 0.25) is 0 Å². The average Bonchev–Trinajstić information content (AvgIpc) is 3.47. The molecule has 0 bridgehead atoms. The Balaban J connectivity index is 1.52. The number of carbonyl (C=O) groups excluding carboxylic acids is 1. The molecular formula is C25H22N6O2. The number of ether oxygens (including phenoxy) is 1. The molecule has 8 nitrogen and oxygen atoms in total. The second-order valence-corrected chi connectivity index (χ2v) is 7.86. The lowest BCUT2D eigenvalue weighted by molar-refractivity contribution is -0.125. The Bertz CT molecular complexity index is 1460. The summed E-state index contributed by atoms with van der Waals surface area (Å²) in [5.74, 6) is 7.41. The first kappa shape index (κ1) is 20.5. The predicted octanol–water partition coefficient (Wildman–Crippen LogP) is 2.93. The molecule has 1 amide bonds. The van der Waals surface area contributed by atoms with E-state index in [0.29, 0.717) is 35.6 Å². The van der Waals surface area contributed by atoms with Crippen molar-refractivity contribution in [2.24, 2.45) is 0 Å². The van der Waals surface area contributed by atoms with E-state index in [1.165, 1.54) is 12.4 Å². The van der Waals surface area contributed by atoms with Crippen LogP contribution >= 0.6 is 0 Å². The van der Waals surface area contributed by atoms with Gasteiger partial charge in [-0.1, -0.05) is 24.6 Å². The van der Waals surface area contributed by atoms with E-state index in [1.807, 2.05) is 41.1 Å². The zero-order chi connectivity index (χ0) is 22.9. The molecule has 0 spiro atoms. The van der Waals surface area contributed by atoms with Crippen LogP contribution in [0.25, 0.3) is 21.8 Å². The normalized spacial score (nSPS) is 15.4. The third-order valence-corrected chi connectivity index (χ3v) is 5.89. The summed E-state index contributed by atoms with van der Waals surface area (Å²) in [6.07, 6.45) is 3.52. The van der Waals surface area contributed by atoms with Crippen molar-refractivity contribution in [3.05, 3.63) is 66.6 Å². The Kier molecular flexibility index (Phi) is 5.15. The monoisotopic (exact) mass is 438 g/mol. The van der Waals surface area contributed by atoms with Crippen molar-refractivity contribution >= 4 is 33.5 Å². The summed E-state index contributed by atoms with van der Waals surface area (Å²) in [7, 11) is 1.65. The van der Waals surface area contributed by atoms with E-state index in [-0.39, 0.29) is 11.9 Å². The molecule has 1 saturated heterocycles. The molecule has 0 saturated carbocycles. The van der Waals surface area contributed by atoms with Crippen LogP contribution in [-0.2, 0) is 4.79 Å². The fraction of sp³-hybridized carbons (Fsp3) is 0.200. The van der Waals surface area contributed by atoms with Crippen molar-refractivity contribution < 1.29 is 9.53 Å². The number of hydrogen-bond acceptors (Lipinski definition) is 6. The molecule has 1 fully saturated rings. The molecule has 4 aromatic rings. The molecule has 8 heteroatoms. The summed E-state index contributed by atoms with van der Waals surface area (Å²) in [5.41, 5.74) is 8.17. The van der Waals surface area contributed by atoms with Gasteiger partial charge in [0.2, 0.25) is 5.91 Å². The van der Waals surface area contributed by atoms with Gasteiger partial charge in [0.15, 0.2) is 5.65 Å². The lowest BCUT2D eigenvalue weighted by Gasteiger charge is -2.14. The summed E-state index contributed by atoms with van der Waals surface area (Å²) in [4.78, 5) is 22.3. The van der Waals surface area contributed by atoms with Crippen molar-refractivity contribution in [2.45, 2.75) is 12.5 Å². The largest absolute Gasteiger partial charge is 0.497 e. The highest BCUT2D eigenvalue weighted by molar-refractivity contribution is 5.91. The highest BCUT2D eigenvalue weighted by atomic mass is 16.5. The van der Waals surface area contributed by atoms with Gasteiger partial charge in [0, 0.05) is 18.7 Å². The van der Waals surface area contributed by atoms with Gasteiger partial charge in [0.1, 0.15) is 23.6 Å². The summed E-state index contributed by atoms with van der Waals surface area (Å²) in [6, 6.07) is 11.9. The van der Waals surface area contributed by atoms with Crippen LogP contribution in [0.3, 0.4) is 0 Å². The highest BCUT2D eigenvalue weighted by Crippen LogP contribution is 2.28. The summed E-state index contributed by atoms with van der Waals surface area (Å²) < 4.78 is 7.11. The number of anilines is 1. The molecule has 0 unspecified atom stereocenters. The van der Waals surface area contributed by atoms with E-state index >= 15 is 0 Å². The van der Waals surface area contributed by atoms with Crippen LogP contribution in [0.4, 0.5) is 5.82 Å². The smallest absolute Gasteiger partial charge is 0.246 e. The van der Waals surface area contributed by atoms with Gasteiger partial charge in [-0.05, 0) is 53.5 Å². The van der Waals surface area contributed by atoms with Crippen LogP contribution in [-0.4, -0.2) is 50.8 Å². The van der Waals surface area contributed by atoms with Crippen LogP contribution in [0.1, 0.15) is 23.7 Å². The number of methoxy groups -OCH3 is 1. The number of carbonyl (C=O) groups is 1. The molecule has 0 radical (unpaired) electrons. The second kappa shape index (κ2) is 8.28. The molecule has 5 rings (SSSR count). The molecular weight excluding hydrogens is 416 g/mol. The number of nitrogens with two attached hydrogens (primary N) is 1. The summed E-state index contributed by atoms with van der Waals surface area (Å²) in [5, 5.41) is 7.51. The van der Waals surface area contributed by atoms with Gasteiger partial charge in [-0.3, -0.25) is 4.79 Å². The molecule has 2 aromatic carbocycles. The molecule has 1 aliphatic heterocycles. The van der Waals surface area contributed by atoms with Gasteiger partial charge in [0.25, 0.3) is 0 Å². The third kappa shape index (κ3) is 3.74. The van der Waals surface area contributed by atoms with Crippen LogP contribution < -0.4 is 10.5 Å². The van der Waals surface area contributed by atoms with E-state index in [9.17, 15) is 4.79 Å². The SMILES string of the molecule is C=CC(=O)N1CC[C@@H](n2nc(C#Cc3ccc4cc(OC)ccc4c3)c3c(N)ncnc32)C1. The first-order valence-corrected chi connectivity index (χ1v) is 10.6. The van der Waals surface area contributed by atoms with Crippen molar-refractivity contribution in [3.63, 3.8) is 0 Å². The van der Waals surface area contributed by atoms with Gasteiger partial charge in [-0.25, -0.2) is 14.6 Å². The lowest BCUT2D eigenvalue weighted by atomic mass is 10.1. The average molecular weight is 438 g/mol. The molecule has 0 aliphatic carbocycles. The number of fused-ring (bicyclic) bond motifs is 2. The molecule has 33 heavy (non-hydrogen) atoms. The van der Waals surface area contributed by atoms with Gasteiger partial charge in [-0.15, -0.1) is 0 Å². The van der Waals surface area contributed by atoms with E-state index in [2.05, 4.69) is 28.4 Å². The van der Waals surface area contributed by atoms with Crippen molar-refractivity contribution in [1.82, 2.24) is 24.6 Å². The molecule has 1 atom stereocenters. The number of hydrogen-bond donors (Lipinski definition) is 1. The highest BCUT2D eigenvalue weighted by Gasteiger charge is 2.29. The maximum Gasteiger partial charge on any atom is 0.246 e. The van der Waals surface area contributed by atoms with Crippen LogP contribution in [0.5, 0.6) is 5.75 Å². The number of nitrogens with zero attached hydrogens (tertiary/aromatic N) is 5. The second-order valence-electron chi connectivity index (χ2n) is 7.86. The standard InChI is InChI=1S/C25H22N6O2/c1-3-22(32)30-11-10-19(14-30)31-25-23(24(26)27-15-28-25)21(29-31)9-5-16-4-6-18-13-20(33-2)8-7-17(18)12-16/h3-4,6-8,12-13,15,19H,1,10-11,14H2,2H3,(H2,26,27,28)/t19-/m1/s1. The zero-order valence-electron chi connectivity index (χ0n) is 18.2. The molecule has 2 aromatic heterocycles. The first-order chi connectivity index (χ1) is 16.1. The fourth-order valence-corrected chi connectivity index (χ4v) is 4.17. The van der Waals surface area contributed by atoms with Gasteiger partial charge < -0.3 is 15.4 Å². The van der Waals surface area contributed by atoms with E-state index in [1.54, 1.807) is 12.0 Å². The van der Waals surface area contributed by atoms with Crippen molar-refractivity contribution in [2.75, 3.05) is 25.9 Å². The van der Waals surface area contributed by atoms with Crippen LogP contribution in [0.15, 0.2) is 55.4 Å². The Hall–Kier alpha value is -4.38. The predicted molar refractivity (Wildman–Crippen MR) is 127 cm³/mol. The van der Waals surface area contributed by atoms with Crippen LogP contribution in [0, 0.1) is 11.8 Å². The Morgan fingerprint density at radius 2 is 2.03 bits per heavy atom. The van der Waals surface area contributed by atoms with Gasteiger partial charge in [0.05, 0.1) is 18.5 Å².